The zero-order valence-corrected chi connectivity index (χ0v) is 23.8. The summed E-state index contributed by atoms with van der Waals surface area (Å²) in [6.07, 6.45) is 3.88. The fraction of sp³-hybridized carbons (Fsp3) is 0.458. The third kappa shape index (κ3) is 7.69. The molecule has 1 atom stereocenters. The molecule has 0 saturated carbocycles. The number of nitrogens with zero attached hydrogens (tertiary/aromatic N) is 5. The number of nitrogens with one attached hydrogen (secondary N) is 2. The lowest BCUT2D eigenvalue weighted by molar-refractivity contribution is -0.111. The summed E-state index contributed by atoms with van der Waals surface area (Å²) in [6.45, 7) is 5.63. The molecule has 1 fully saturated rings. The maximum atomic E-state index is 12.2. The van der Waals surface area contributed by atoms with E-state index in [1.54, 1.807) is 6.07 Å². The maximum absolute atomic E-state index is 12.2. The summed E-state index contributed by atoms with van der Waals surface area (Å²) in [5.41, 5.74) is 1.79. The van der Waals surface area contributed by atoms with Gasteiger partial charge in [-0.15, -0.1) is 0 Å². The molecule has 1 aliphatic heterocycles. The number of benzene rings is 1. The summed E-state index contributed by atoms with van der Waals surface area (Å²) >= 11 is 6.27. The minimum absolute atomic E-state index is 0.128. The van der Waals surface area contributed by atoms with Gasteiger partial charge in [-0.05, 0) is 32.7 Å². The van der Waals surface area contributed by atoms with Crippen molar-refractivity contribution < 1.29 is 22.7 Å². The molecule has 1 amide bonds. The van der Waals surface area contributed by atoms with Crippen LogP contribution in [0.25, 0.3) is 0 Å². The van der Waals surface area contributed by atoms with Crippen molar-refractivity contribution in [1.82, 2.24) is 19.2 Å². The van der Waals surface area contributed by atoms with E-state index in [1.807, 2.05) is 32.1 Å². The first kappa shape index (κ1) is 29.4. The molecule has 1 aromatic heterocycles. The van der Waals surface area contributed by atoms with E-state index in [9.17, 15) is 13.2 Å². The molecular weight excluding hydrogens is 534 g/mol. The smallest absolute Gasteiger partial charge is 0.247 e. The third-order valence-corrected chi connectivity index (χ3v) is 7.40. The Balaban J connectivity index is 1.88. The van der Waals surface area contributed by atoms with Gasteiger partial charge in [0.1, 0.15) is 16.9 Å². The van der Waals surface area contributed by atoms with Crippen molar-refractivity contribution in [2.24, 2.45) is 0 Å². The Kier molecular flexibility index (Phi) is 9.77. The fourth-order valence-electron chi connectivity index (χ4n) is 3.77. The number of hydrogen-bond acceptors (Lipinski definition) is 10. The number of likely N-dealkylation sites (N-methyl/N-ethyl adjacent to an activating group) is 2. The second-order valence-corrected chi connectivity index (χ2v) is 11.5. The number of carbonyl (C=O) groups excluding carboxylic acids is 1. The van der Waals surface area contributed by atoms with Crippen molar-refractivity contribution in [3.8, 4) is 11.6 Å². The molecule has 0 radical (unpaired) electrons. The van der Waals surface area contributed by atoms with Gasteiger partial charge in [0.15, 0.2) is 0 Å². The van der Waals surface area contributed by atoms with Crippen molar-refractivity contribution in [3.63, 3.8) is 0 Å². The zero-order chi connectivity index (χ0) is 28.0. The number of sulfonamides is 1. The molecule has 0 aliphatic carbocycles. The Morgan fingerprint density at radius 1 is 1.29 bits per heavy atom. The van der Waals surface area contributed by atoms with Crippen LogP contribution in [0.5, 0.6) is 11.6 Å². The number of halogens is 1. The van der Waals surface area contributed by atoms with E-state index in [0.717, 1.165) is 12.2 Å². The van der Waals surface area contributed by atoms with Gasteiger partial charge in [-0.2, -0.15) is 9.29 Å². The largest absolute Gasteiger partial charge is 0.494 e. The lowest BCUT2D eigenvalue weighted by Crippen LogP contribution is -2.30. The number of amides is 1. The van der Waals surface area contributed by atoms with Gasteiger partial charge in [0.25, 0.3) is 0 Å². The first-order valence-corrected chi connectivity index (χ1v) is 14.1. The minimum atomic E-state index is -3.31. The number of methoxy groups -OCH3 is 1. The first-order valence-electron chi connectivity index (χ1n) is 11.8. The number of ether oxygens (including phenoxy) is 2. The zero-order valence-electron chi connectivity index (χ0n) is 22.2. The molecule has 14 heteroatoms. The molecule has 0 unspecified atom stereocenters. The van der Waals surface area contributed by atoms with Gasteiger partial charge in [-0.3, -0.25) is 4.79 Å². The molecule has 38 heavy (non-hydrogen) atoms. The summed E-state index contributed by atoms with van der Waals surface area (Å²) in [6, 6.07) is 3.53. The quantitative estimate of drug-likeness (QED) is 0.369. The summed E-state index contributed by atoms with van der Waals surface area (Å²) in [5.74, 6) is 0.439. The maximum Gasteiger partial charge on any atom is 0.247 e. The average Bonchev–Trinajstić information content (AvgIpc) is 3.34. The van der Waals surface area contributed by atoms with Crippen molar-refractivity contribution in [3.05, 3.63) is 36.0 Å². The van der Waals surface area contributed by atoms with Gasteiger partial charge < -0.3 is 29.9 Å². The predicted molar refractivity (Wildman–Crippen MR) is 149 cm³/mol. The highest BCUT2D eigenvalue weighted by molar-refractivity contribution is 7.88. The Hall–Kier alpha value is -3.13. The molecule has 1 aromatic carbocycles. The highest BCUT2D eigenvalue weighted by Crippen LogP contribution is 2.38. The van der Waals surface area contributed by atoms with Crippen LogP contribution in [-0.2, 0) is 14.8 Å². The highest BCUT2D eigenvalue weighted by Gasteiger charge is 2.30. The van der Waals surface area contributed by atoms with Crippen molar-refractivity contribution in [2.45, 2.75) is 12.5 Å². The molecule has 1 saturated heterocycles. The Morgan fingerprint density at radius 3 is 2.63 bits per heavy atom. The lowest BCUT2D eigenvalue weighted by atomic mass is 10.2. The van der Waals surface area contributed by atoms with Crippen LogP contribution in [0.3, 0.4) is 0 Å². The van der Waals surface area contributed by atoms with Crippen molar-refractivity contribution in [2.75, 3.05) is 76.2 Å². The van der Waals surface area contributed by atoms with Crippen LogP contribution in [-0.4, -0.2) is 100 Å². The summed E-state index contributed by atoms with van der Waals surface area (Å²) in [5, 5.41) is 6.14. The molecule has 2 heterocycles. The number of anilines is 4. The summed E-state index contributed by atoms with van der Waals surface area (Å²) in [7, 11) is 4.13. The van der Waals surface area contributed by atoms with Gasteiger partial charge in [0.2, 0.25) is 27.8 Å². The normalized spacial score (nSPS) is 15.8. The van der Waals surface area contributed by atoms with Crippen LogP contribution in [0.2, 0.25) is 5.02 Å². The van der Waals surface area contributed by atoms with E-state index in [-0.39, 0.29) is 29.3 Å². The van der Waals surface area contributed by atoms with Gasteiger partial charge in [0, 0.05) is 32.7 Å². The van der Waals surface area contributed by atoms with E-state index < -0.39 is 16.1 Å². The van der Waals surface area contributed by atoms with Crippen LogP contribution in [0.1, 0.15) is 6.42 Å². The van der Waals surface area contributed by atoms with E-state index in [4.69, 9.17) is 21.1 Å². The molecule has 1 aliphatic rings. The summed E-state index contributed by atoms with van der Waals surface area (Å²) in [4.78, 5) is 24.9. The first-order chi connectivity index (χ1) is 17.9. The topological polar surface area (TPSA) is 129 Å². The van der Waals surface area contributed by atoms with Crippen LogP contribution in [0.4, 0.5) is 23.0 Å². The number of aromatic nitrogens is 2. The molecule has 2 aromatic rings. The molecule has 0 spiro atoms. The van der Waals surface area contributed by atoms with Gasteiger partial charge in [0.05, 0.1) is 43.2 Å². The predicted octanol–water partition coefficient (Wildman–Crippen LogP) is 2.42. The molecule has 2 N–H and O–H groups in total. The van der Waals surface area contributed by atoms with Crippen molar-refractivity contribution >= 4 is 50.5 Å². The Labute approximate surface area is 228 Å². The fourth-order valence-corrected chi connectivity index (χ4v) is 4.78. The van der Waals surface area contributed by atoms with Crippen LogP contribution in [0.15, 0.2) is 31.0 Å². The Bertz CT molecular complexity index is 1280. The molecule has 12 nitrogen and oxygen atoms in total. The number of rotatable bonds is 12. The number of carbonyl (C=O) groups is 1. The van der Waals surface area contributed by atoms with Crippen molar-refractivity contribution in [1.29, 1.82) is 0 Å². The highest BCUT2D eigenvalue weighted by atomic mass is 35.5. The SMILES string of the molecule is C=CC(=O)Nc1cc(Nc2ncc(Cl)c(O[C@H]3CCN(S(C)(=O)=O)C3)n2)c(OC)cc1N(C)CCN(C)C. The number of hydrogen-bond donors (Lipinski definition) is 2. The molecule has 208 valence electrons. The average molecular weight is 568 g/mol. The van der Waals surface area contributed by atoms with E-state index in [2.05, 4.69) is 32.1 Å². The molecule has 3 rings (SSSR count). The van der Waals surface area contributed by atoms with Crippen LogP contribution < -0.4 is 25.0 Å². The van der Waals surface area contributed by atoms with Gasteiger partial charge in [-0.25, -0.2) is 13.4 Å². The van der Waals surface area contributed by atoms with E-state index in [0.29, 0.717) is 36.6 Å². The molecule has 0 bridgehead atoms. The monoisotopic (exact) mass is 567 g/mol. The Morgan fingerprint density at radius 2 is 2.03 bits per heavy atom. The van der Waals surface area contributed by atoms with E-state index in [1.165, 1.54) is 29.9 Å². The second-order valence-electron chi connectivity index (χ2n) is 9.11. The standard InChI is InChI=1S/C24H34ClN7O5S/c1-7-22(33)27-18-12-19(21(36-5)13-20(18)31(4)11-10-30(2)3)28-24-26-14-17(25)23(29-24)37-16-8-9-32(15-16)38(6,34)35/h7,12-14,16H,1,8-11,15H2,2-6H3,(H,27,33)(H,26,28,29)/t16-/m0/s1. The van der Waals surface area contributed by atoms with Gasteiger partial charge >= 0.3 is 0 Å². The minimum Gasteiger partial charge on any atom is -0.494 e. The third-order valence-electron chi connectivity index (χ3n) is 5.87. The van der Waals surface area contributed by atoms with Crippen LogP contribution >= 0.6 is 11.6 Å². The molecular formula is C24H34ClN7O5S. The second kappa shape index (κ2) is 12.6. The van der Waals surface area contributed by atoms with Gasteiger partial charge in [-0.1, -0.05) is 18.2 Å². The van der Waals surface area contributed by atoms with E-state index >= 15 is 0 Å². The lowest BCUT2D eigenvalue weighted by Gasteiger charge is -2.26. The summed E-state index contributed by atoms with van der Waals surface area (Å²) < 4.78 is 36.5. The van der Waals surface area contributed by atoms with Crippen LogP contribution in [0, 0.1) is 0 Å².